The van der Waals surface area contributed by atoms with E-state index in [2.05, 4.69) is 11.6 Å². The van der Waals surface area contributed by atoms with Crippen LogP contribution in [0, 0.1) is 6.92 Å². The van der Waals surface area contributed by atoms with Crippen molar-refractivity contribution in [2.75, 3.05) is 0 Å². The fourth-order valence-electron chi connectivity index (χ4n) is 0.673. The van der Waals surface area contributed by atoms with Crippen LogP contribution in [0.4, 0.5) is 0 Å². The van der Waals surface area contributed by atoms with Gasteiger partial charge in [-0.1, -0.05) is 18.2 Å². The molecule has 0 aliphatic rings. The van der Waals surface area contributed by atoms with Crippen molar-refractivity contribution < 1.29 is 0 Å². The maximum atomic E-state index is 5.74. The van der Waals surface area contributed by atoms with Crippen molar-refractivity contribution in [2.45, 2.75) is 6.92 Å². The zero-order chi connectivity index (χ0) is 7.56. The molecule has 0 atom stereocenters. The van der Waals surface area contributed by atoms with Crippen molar-refractivity contribution in [1.82, 2.24) is 4.98 Å². The van der Waals surface area contributed by atoms with E-state index in [9.17, 15) is 0 Å². The maximum absolute atomic E-state index is 5.74. The molecule has 0 spiro atoms. The standard InChI is InChI=1S/C8H8ClN/c1-3-7-4-6(2)8(9)5-10-7/h3-5H,1H2,2H3. The minimum Gasteiger partial charge on any atom is -0.255 e. The Kier molecular flexibility index (Phi) is 2.07. The first-order chi connectivity index (χ1) is 4.74. The van der Waals surface area contributed by atoms with Gasteiger partial charge >= 0.3 is 0 Å². The summed E-state index contributed by atoms with van der Waals surface area (Å²) in [7, 11) is 0. The van der Waals surface area contributed by atoms with Gasteiger partial charge in [-0.15, -0.1) is 0 Å². The SMILES string of the molecule is C=Cc1cc(C)c(Cl)cn1. The van der Waals surface area contributed by atoms with Crippen LogP contribution in [-0.2, 0) is 0 Å². The molecule has 0 aromatic carbocycles. The van der Waals surface area contributed by atoms with Gasteiger partial charge in [0.25, 0.3) is 0 Å². The van der Waals surface area contributed by atoms with E-state index in [1.165, 1.54) is 0 Å². The maximum Gasteiger partial charge on any atom is 0.0627 e. The summed E-state index contributed by atoms with van der Waals surface area (Å²) >= 11 is 5.74. The highest BCUT2D eigenvalue weighted by Crippen LogP contribution is 2.13. The predicted octanol–water partition coefficient (Wildman–Crippen LogP) is 2.69. The van der Waals surface area contributed by atoms with Crippen molar-refractivity contribution in [3.05, 3.63) is 35.1 Å². The van der Waals surface area contributed by atoms with E-state index in [1.807, 2.05) is 13.0 Å². The second-order valence-corrected chi connectivity index (χ2v) is 2.47. The Hall–Kier alpha value is -0.820. The Morgan fingerprint density at radius 1 is 1.70 bits per heavy atom. The smallest absolute Gasteiger partial charge is 0.0627 e. The quantitative estimate of drug-likeness (QED) is 0.605. The summed E-state index contributed by atoms with van der Waals surface area (Å²) < 4.78 is 0. The Bertz CT molecular complexity index is 255. The van der Waals surface area contributed by atoms with Crippen LogP contribution in [0.15, 0.2) is 18.8 Å². The highest BCUT2D eigenvalue weighted by molar-refractivity contribution is 6.31. The lowest BCUT2D eigenvalue weighted by Gasteiger charge is -1.96. The lowest BCUT2D eigenvalue weighted by molar-refractivity contribution is 1.26. The van der Waals surface area contributed by atoms with Gasteiger partial charge in [0.1, 0.15) is 0 Å². The Balaban J connectivity index is 3.16. The number of aromatic nitrogens is 1. The summed E-state index contributed by atoms with van der Waals surface area (Å²) in [6, 6.07) is 1.90. The van der Waals surface area contributed by atoms with Crippen molar-refractivity contribution >= 4 is 17.7 Å². The molecule has 0 fully saturated rings. The molecule has 0 aliphatic heterocycles. The van der Waals surface area contributed by atoms with Gasteiger partial charge in [0.05, 0.1) is 10.7 Å². The molecule has 0 aliphatic carbocycles. The van der Waals surface area contributed by atoms with Crippen LogP contribution >= 0.6 is 11.6 Å². The van der Waals surface area contributed by atoms with Gasteiger partial charge in [-0.25, -0.2) is 0 Å². The van der Waals surface area contributed by atoms with E-state index >= 15 is 0 Å². The van der Waals surface area contributed by atoms with Gasteiger partial charge < -0.3 is 0 Å². The second-order valence-electron chi connectivity index (χ2n) is 2.06. The molecule has 0 N–H and O–H groups in total. The summed E-state index contributed by atoms with van der Waals surface area (Å²) in [6.45, 7) is 5.54. The van der Waals surface area contributed by atoms with Crippen molar-refractivity contribution in [3.8, 4) is 0 Å². The lowest BCUT2D eigenvalue weighted by Crippen LogP contribution is -1.82. The van der Waals surface area contributed by atoms with Crippen LogP contribution in [0.5, 0.6) is 0 Å². The Labute approximate surface area is 65.4 Å². The molecule has 0 radical (unpaired) electrons. The van der Waals surface area contributed by atoms with E-state index < -0.39 is 0 Å². The lowest BCUT2D eigenvalue weighted by atomic mass is 10.2. The predicted molar refractivity (Wildman–Crippen MR) is 44.1 cm³/mol. The van der Waals surface area contributed by atoms with Gasteiger partial charge in [-0.2, -0.15) is 0 Å². The van der Waals surface area contributed by atoms with E-state index in [4.69, 9.17) is 11.6 Å². The molecule has 10 heavy (non-hydrogen) atoms. The molecule has 1 nitrogen and oxygen atoms in total. The third-order valence-corrected chi connectivity index (χ3v) is 1.67. The monoisotopic (exact) mass is 153 g/mol. The Morgan fingerprint density at radius 2 is 2.40 bits per heavy atom. The van der Waals surface area contributed by atoms with Crippen molar-refractivity contribution in [3.63, 3.8) is 0 Å². The van der Waals surface area contributed by atoms with Crippen LogP contribution in [0.1, 0.15) is 11.3 Å². The van der Waals surface area contributed by atoms with Gasteiger partial charge in [0, 0.05) is 6.20 Å². The third kappa shape index (κ3) is 1.36. The van der Waals surface area contributed by atoms with Crippen molar-refractivity contribution in [2.24, 2.45) is 0 Å². The first kappa shape index (κ1) is 7.29. The number of nitrogens with zero attached hydrogens (tertiary/aromatic N) is 1. The summed E-state index contributed by atoms with van der Waals surface area (Å²) in [5.74, 6) is 0. The van der Waals surface area contributed by atoms with Crippen LogP contribution in [0.3, 0.4) is 0 Å². The topological polar surface area (TPSA) is 12.9 Å². The first-order valence-electron chi connectivity index (χ1n) is 2.98. The van der Waals surface area contributed by atoms with Gasteiger partial charge in [-0.3, -0.25) is 4.98 Å². The minimum absolute atomic E-state index is 0.700. The van der Waals surface area contributed by atoms with E-state index in [0.29, 0.717) is 5.02 Å². The molecule has 0 saturated carbocycles. The molecule has 1 aromatic rings. The molecule has 2 heteroatoms. The zero-order valence-electron chi connectivity index (χ0n) is 5.76. The van der Waals surface area contributed by atoms with Gasteiger partial charge in [-0.05, 0) is 24.6 Å². The molecule has 1 rings (SSSR count). The van der Waals surface area contributed by atoms with Crippen LogP contribution in [0.25, 0.3) is 6.08 Å². The highest BCUT2D eigenvalue weighted by Gasteiger charge is 1.93. The fourth-order valence-corrected chi connectivity index (χ4v) is 0.776. The molecule has 0 saturated heterocycles. The third-order valence-electron chi connectivity index (χ3n) is 1.28. The second kappa shape index (κ2) is 2.84. The van der Waals surface area contributed by atoms with Crippen LogP contribution in [-0.4, -0.2) is 4.98 Å². The number of halogens is 1. The zero-order valence-corrected chi connectivity index (χ0v) is 6.52. The average molecular weight is 154 g/mol. The van der Waals surface area contributed by atoms with Gasteiger partial charge in [0.15, 0.2) is 0 Å². The average Bonchev–Trinajstić information content (AvgIpc) is 1.95. The molecule has 0 bridgehead atoms. The summed E-state index contributed by atoms with van der Waals surface area (Å²) in [4.78, 5) is 4.01. The fraction of sp³-hybridized carbons (Fsp3) is 0.125. The number of pyridine rings is 1. The van der Waals surface area contributed by atoms with Crippen LogP contribution in [0.2, 0.25) is 5.02 Å². The van der Waals surface area contributed by atoms with Crippen molar-refractivity contribution in [1.29, 1.82) is 0 Å². The molecule has 0 amide bonds. The number of hydrogen-bond acceptors (Lipinski definition) is 1. The normalized spacial score (nSPS) is 9.40. The Morgan fingerprint density at radius 3 is 2.90 bits per heavy atom. The number of aryl methyl sites for hydroxylation is 1. The molecule has 1 aromatic heterocycles. The highest BCUT2D eigenvalue weighted by atomic mass is 35.5. The number of rotatable bonds is 1. The molecule has 0 unspecified atom stereocenters. The molecular formula is C8H8ClN. The van der Waals surface area contributed by atoms with E-state index in [0.717, 1.165) is 11.3 Å². The number of hydrogen-bond donors (Lipinski definition) is 0. The van der Waals surface area contributed by atoms with E-state index in [-0.39, 0.29) is 0 Å². The summed E-state index contributed by atoms with van der Waals surface area (Å²) in [5.41, 5.74) is 1.90. The summed E-state index contributed by atoms with van der Waals surface area (Å²) in [5, 5.41) is 0.700. The molecule has 1 heterocycles. The molecule has 52 valence electrons. The minimum atomic E-state index is 0.700. The van der Waals surface area contributed by atoms with E-state index in [1.54, 1.807) is 12.3 Å². The summed E-state index contributed by atoms with van der Waals surface area (Å²) in [6.07, 6.45) is 3.33. The largest absolute Gasteiger partial charge is 0.255 e. The van der Waals surface area contributed by atoms with Crippen LogP contribution < -0.4 is 0 Å². The molecular weight excluding hydrogens is 146 g/mol. The first-order valence-corrected chi connectivity index (χ1v) is 3.36. The van der Waals surface area contributed by atoms with Gasteiger partial charge in [0.2, 0.25) is 0 Å².